The van der Waals surface area contributed by atoms with E-state index >= 15 is 0 Å². The number of carbonyl (C=O) groups excluding carboxylic acids is 1. The van der Waals surface area contributed by atoms with E-state index in [1.165, 1.54) is 6.92 Å². The number of hydrogen-bond donors (Lipinski definition) is 1. The van der Waals surface area contributed by atoms with Crippen LogP contribution in [-0.2, 0) is 16.1 Å². The molecule has 1 aromatic heterocycles. The first-order valence-electron chi connectivity index (χ1n) is 9.65. The molecule has 0 spiro atoms. The summed E-state index contributed by atoms with van der Waals surface area (Å²) in [5, 5.41) is 3.77. The van der Waals surface area contributed by atoms with Crippen molar-refractivity contribution in [3.63, 3.8) is 0 Å². The van der Waals surface area contributed by atoms with Gasteiger partial charge in [-0.25, -0.2) is 13.6 Å². The summed E-state index contributed by atoms with van der Waals surface area (Å²) in [6.45, 7) is 7.93. The molecule has 1 amide bonds. The third-order valence-corrected chi connectivity index (χ3v) is 5.10. The zero-order chi connectivity index (χ0) is 22.1. The van der Waals surface area contributed by atoms with Gasteiger partial charge in [-0.2, -0.15) is 4.98 Å². The second-order valence-electron chi connectivity index (χ2n) is 8.18. The second-order valence-corrected chi connectivity index (χ2v) is 8.63. The monoisotopic (exact) mass is 441 g/mol. The molecule has 164 valence electrons. The van der Waals surface area contributed by atoms with Crippen LogP contribution < -0.4 is 0 Å². The van der Waals surface area contributed by atoms with E-state index in [2.05, 4.69) is 22.8 Å². The zero-order valence-corrected chi connectivity index (χ0v) is 18.3. The molecule has 30 heavy (non-hydrogen) atoms. The fourth-order valence-corrected chi connectivity index (χ4v) is 3.35. The number of likely N-dealkylation sites (tertiary alicyclic amines) is 1. The van der Waals surface area contributed by atoms with E-state index < -0.39 is 17.2 Å². The van der Waals surface area contributed by atoms with Crippen LogP contribution in [0.1, 0.15) is 45.1 Å². The number of ether oxygens (including phenoxy) is 2. The minimum atomic E-state index is -0.757. The van der Waals surface area contributed by atoms with Crippen molar-refractivity contribution in [2.75, 3.05) is 13.1 Å². The Balaban J connectivity index is 1.54. The van der Waals surface area contributed by atoms with E-state index in [0.29, 0.717) is 25.9 Å². The number of nitrogens with zero attached hydrogens (tertiary/aromatic N) is 3. The smallest absolute Gasteiger partial charge is 0.410 e. The summed E-state index contributed by atoms with van der Waals surface area (Å²) >= 11 is 4.10. The normalized spacial score (nSPS) is 15.5. The van der Waals surface area contributed by atoms with Gasteiger partial charge in [0.25, 0.3) is 5.89 Å². The highest BCUT2D eigenvalue weighted by molar-refractivity contribution is 7.80. The molecule has 1 aliphatic rings. The van der Waals surface area contributed by atoms with Gasteiger partial charge in [-0.05, 0) is 46.6 Å². The van der Waals surface area contributed by atoms with Crippen molar-refractivity contribution in [3.8, 4) is 11.4 Å². The minimum Gasteiger partial charge on any atom is -0.444 e. The summed E-state index contributed by atoms with van der Waals surface area (Å²) in [6, 6.07) is 1.13. The maximum atomic E-state index is 14.1. The summed E-state index contributed by atoms with van der Waals surface area (Å²) < 4.78 is 44.2. The molecule has 3 rings (SSSR count). The molecular formula is C20H25F2N3O4S. The summed E-state index contributed by atoms with van der Waals surface area (Å²) in [7, 11) is 0. The van der Waals surface area contributed by atoms with Crippen LogP contribution in [0.4, 0.5) is 13.6 Å². The average Bonchev–Trinajstić information content (AvgIpc) is 3.15. The van der Waals surface area contributed by atoms with Crippen LogP contribution in [-0.4, -0.2) is 45.9 Å². The van der Waals surface area contributed by atoms with Crippen LogP contribution in [0.2, 0.25) is 0 Å². The summed E-state index contributed by atoms with van der Waals surface area (Å²) in [5.74, 6) is -1.24. The number of amides is 1. The summed E-state index contributed by atoms with van der Waals surface area (Å²) in [4.78, 5) is 17.9. The molecule has 1 aromatic carbocycles. The minimum absolute atomic E-state index is 0.0381. The van der Waals surface area contributed by atoms with Crippen molar-refractivity contribution >= 4 is 18.7 Å². The third-order valence-electron chi connectivity index (χ3n) is 4.67. The van der Waals surface area contributed by atoms with Gasteiger partial charge in [0.05, 0.1) is 11.0 Å². The SMILES string of the molecule is Cc1c(F)cc(-c2noc(COC3CCN(C(=O)OC(C)(C)C)CC3)n2)c(S)c1F. The van der Waals surface area contributed by atoms with Crippen molar-refractivity contribution in [2.45, 2.75) is 63.7 Å². The highest BCUT2D eigenvalue weighted by atomic mass is 32.1. The molecule has 0 saturated carbocycles. The zero-order valence-electron chi connectivity index (χ0n) is 17.4. The Bertz CT molecular complexity index is 922. The molecule has 0 bridgehead atoms. The topological polar surface area (TPSA) is 77.7 Å². The van der Waals surface area contributed by atoms with E-state index in [9.17, 15) is 13.6 Å². The summed E-state index contributed by atoms with van der Waals surface area (Å²) in [5.41, 5.74) is -0.538. The maximum absolute atomic E-state index is 14.1. The third kappa shape index (κ3) is 5.28. The molecular weight excluding hydrogens is 416 g/mol. The fraction of sp³-hybridized carbons (Fsp3) is 0.550. The number of halogens is 2. The number of benzene rings is 1. The number of rotatable bonds is 4. The van der Waals surface area contributed by atoms with E-state index in [1.54, 1.807) is 4.90 Å². The largest absolute Gasteiger partial charge is 0.444 e. The predicted molar refractivity (Wildman–Crippen MR) is 107 cm³/mol. The maximum Gasteiger partial charge on any atom is 0.410 e. The predicted octanol–water partition coefficient (Wildman–Crippen LogP) is 4.53. The Hall–Kier alpha value is -2.20. The lowest BCUT2D eigenvalue weighted by Crippen LogP contribution is -2.43. The number of carbonyl (C=O) groups is 1. The van der Waals surface area contributed by atoms with E-state index in [-0.39, 0.29) is 46.5 Å². The highest BCUT2D eigenvalue weighted by Gasteiger charge is 2.27. The Morgan fingerprint density at radius 1 is 1.33 bits per heavy atom. The first-order valence-corrected chi connectivity index (χ1v) is 10.1. The first kappa shape index (κ1) is 22.5. The lowest BCUT2D eigenvalue weighted by molar-refractivity contribution is -0.0231. The molecule has 10 heteroatoms. The van der Waals surface area contributed by atoms with Crippen LogP contribution in [0.15, 0.2) is 15.5 Å². The van der Waals surface area contributed by atoms with E-state index in [1.807, 2.05) is 20.8 Å². The van der Waals surface area contributed by atoms with Crippen LogP contribution >= 0.6 is 12.6 Å². The second kappa shape index (κ2) is 8.89. The molecule has 0 unspecified atom stereocenters. The highest BCUT2D eigenvalue weighted by Crippen LogP contribution is 2.30. The quantitative estimate of drug-likeness (QED) is 0.703. The van der Waals surface area contributed by atoms with Gasteiger partial charge in [0.2, 0.25) is 5.82 Å². The number of thiol groups is 1. The van der Waals surface area contributed by atoms with Gasteiger partial charge in [-0.3, -0.25) is 0 Å². The number of piperidine rings is 1. The molecule has 7 nitrogen and oxygen atoms in total. The van der Waals surface area contributed by atoms with Crippen LogP contribution in [0, 0.1) is 18.6 Å². The molecule has 0 radical (unpaired) electrons. The molecule has 0 aliphatic carbocycles. The van der Waals surface area contributed by atoms with Gasteiger partial charge >= 0.3 is 6.09 Å². The Kier molecular flexibility index (Phi) is 6.66. The number of aromatic nitrogens is 2. The molecule has 0 N–H and O–H groups in total. The Labute approximate surface area is 179 Å². The van der Waals surface area contributed by atoms with Crippen LogP contribution in [0.25, 0.3) is 11.4 Å². The van der Waals surface area contributed by atoms with E-state index in [0.717, 1.165) is 6.07 Å². The average molecular weight is 442 g/mol. The van der Waals surface area contributed by atoms with Gasteiger partial charge in [0.1, 0.15) is 23.8 Å². The van der Waals surface area contributed by atoms with Crippen LogP contribution in [0.5, 0.6) is 0 Å². The molecule has 1 saturated heterocycles. The van der Waals surface area contributed by atoms with Crippen molar-refractivity contribution in [3.05, 3.63) is 29.2 Å². The van der Waals surface area contributed by atoms with Crippen molar-refractivity contribution in [1.29, 1.82) is 0 Å². The lowest BCUT2D eigenvalue weighted by Gasteiger charge is -2.33. The van der Waals surface area contributed by atoms with E-state index in [4.69, 9.17) is 14.0 Å². The van der Waals surface area contributed by atoms with Gasteiger partial charge in [-0.15, -0.1) is 12.6 Å². The summed E-state index contributed by atoms with van der Waals surface area (Å²) in [6.07, 6.45) is 0.890. The fourth-order valence-electron chi connectivity index (χ4n) is 3.02. The van der Waals surface area contributed by atoms with Crippen LogP contribution in [0.3, 0.4) is 0 Å². The molecule has 1 aliphatic heterocycles. The molecule has 1 fully saturated rings. The molecule has 2 heterocycles. The standard InChI is InChI=1S/C20H25F2N3O4S/c1-11-14(21)9-13(17(30)16(11)22)18-23-15(29-24-18)10-27-12-5-7-25(8-6-12)19(26)28-20(2,3)4/h9,12,30H,5-8,10H2,1-4H3. The van der Waals surface area contributed by atoms with Crippen molar-refractivity contribution < 1.29 is 27.6 Å². The van der Waals surface area contributed by atoms with Gasteiger partial charge < -0.3 is 18.9 Å². The van der Waals surface area contributed by atoms with Crippen molar-refractivity contribution in [2.24, 2.45) is 0 Å². The van der Waals surface area contributed by atoms with Gasteiger partial charge in [0.15, 0.2) is 0 Å². The molecule has 0 atom stereocenters. The number of hydrogen-bond acceptors (Lipinski definition) is 7. The Morgan fingerprint density at radius 2 is 2.00 bits per heavy atom. The Morgan fingerprint density at radius 3 is 2.63 bits per heavy atom. The van der Waals surface area contributed by atoms with Gasteiger partial charge in [-0.1, -0.05) is 5.16 Å². The first-order chi connectivity index (χ1) is 14.0. The lowest BCUT2D eigenvalue weighted by atomic mass is 10.1. The van der Waals surface area contributed by atoms with Crippen molar-refractivity contribution in [1.82, 2.24) is 15.0 Å². The molecule has 2 aromatic rings. The van der Waals surface area contributed by atoms with Gasteiger partial charge in [0, 0.05) is 24.2 Å².